The first-order valence-electron chi connectivity index (χ1n) is 19.4. The topological polar surface area (TPSA) is 218 Å². The van der Waals surface area contributed by atoms with Crippen LogP contribution in [0, 0.1) is 0 Å². The molecule has 5 aromatic rings. The lowest BCUT2D eigenvalue weighted by molar-refractivity contribution is -0.127. The molecule has 16 nitrogen and oxygen atoms in total. The lowest BCUT2D eigenvalue weighted by Crippen LogP contribution is -2.32. The molecule has 0 aromatic heterocycles. The summed E-state index contributed by atoms with van der Waals surface area (Å²) in [5.41, 5.74) is 3.06. The lowest BCUT2D eigenvalue weighted by Gasteiger charge is -2.15. The van der Waals surface area contributed by atoms with E-state index in [1.807, 2.05) is 0 Å². The Balaban J connectivity index is 1.26. The van der Waals surface area contributed by atoms with Crippen LogP contribution in [-0.2, 0) is 36.8 Å². The van der Waals surface area contributed by atoms with Crippen LogP contribution in [0.4, 0.5) is 34.1 Å². The molecule has 0 aliphatic rings. The standard InChI is InChI=1S/C45H39Cl5N8O8/c1-23(59)40(57-55-29-7-12-35(49)33(16-29)42(61)53-38-18-31(65-3)10-5-25(38)20-46)44(63)51-28-9-14-37(27(15-28)22-48)52-45(64)41(24(2)60)58-56-30-8-13-36(50)34(17-30)43(62)54-39-19-32(66-4)11-6-26(39)21-47/h5-19,40-41H,20-22H2,1-4H3,(H,51,63)(H,52,64)(H,53,61)(H,54,62). The highest BCUT2D eigenvalue weighted by Gasteiger charge is 2.26. The lowest BCUT2D eigenvalue weighted by atomic mass is 10.1. The van der Waals surface area contributed by atoms with Gasteiger partial charge < -0.3 is 30.7 Å². The van der Waals surface area contributed by atoms with Crippen LogP contribution in [0.5, 0.6) is 11.5 Å². The van der Waals surface area contributed by atoms with E-state index in [2.05, 4.69) is 41.7 Å². The van der Waals surface area contributed by atoms with Gasteiger partial charge in [-0.3, -0.25) is 28.8 Å². The molecule has 342 valence electrons. The largest absolute Gasteiger partial charge is 0.497 e. The molecule has 0 saturated heterocycles. The summed E-state index contributed by atoms with van der Waals surface area (Å²) < 4.78 is 10.5. The minimum atomic E-state index is -1.62. The number of Topliss-reactive ketones (excluding diaryl/α,β-unsaturated/α-hetero) is 2. The number of hydrogen-bond acceptors (Lipinski definition) is 12. The maximum Gasteiger partial charge on any atom is 0.258 e. The van der Waals surface area contributed by atoms with Gasteiger partial charge in [0.15, 0.2) is 11.6 Å². The number of benzene rings is 5. The summed E-state index contributed by atoms with van der Waals surface area (Å²) in [5.74, 6) is -3.11. The minimum absolute atomic E-state index is 0.0295. The molecule has 5 aromatic carbocycles. The van der Waals surface area contributed by atoms with E-state index in [-0.39, 0.29) is 61.6 Å². The number of nitrogens with zero attached hydrogens (tertiary/aromatic N) is 4. The third-order valence-electron chi connectivity index (χ3n) is 9.43. The van der Waals surface area contributed by atoms with Crippen LogP contribution in [0.25, 0.3) is 0 Å². The summed E-state index contributed by atoms with van der Waals surface area (Å²) in [4.78, 5) is 78.5. The molecule has 4 amide bonds. The molecule has 5 rings (SSSR count). The number of hydrogen-bond donors (Lipinski definition) is 4. The number of anilines is 4. The Morgan fingerprint density at radius 1 is 0.515 bits per heavy atom. The fourth-order valence-electron chi connectivity index (χ4n) is 5.91. The van der Waals surface area contributed by atoms with Crippen molar-refractivity contribution in [2.24, 2.45) is 20.5 Å². The highest BCUT2D eigenvalue weighted by atomic mass is 35.5. The molecule has 0 bridgehead atoms. The van der Waals surface area contributed by atoms with E-state index in [4.69, 9.17) is 67.5 Å². The fourth-order valence-corrected chi connectivity index (χ4v) is 7.00. The number of ketones is 2. The maximum absolute atomic E-state index is 13.4. The smallest absolute Gasteiger partial charge is 0.258 e. The van der Waals surface area contributed by atoms with Gasteiger partial charge in [-0.15, -0.1) is 34.8 Å². The van der Waals surface area contributed by atoms with Gasteiger partial charge in [0.2, 0.25) is 12.1 Å². The number of nitrogens with one attached hydrogen (secondary N) is 4. The van der Waals surface area contributed by atoms with Crippen LogP contribution in [0.15, 0.2) is 111 Å². The quantitative estimate of drug-likeness (QED) is 0.0353. The molecule has 0 aliphatic carbocycles. The van der Waals surface area contributed by atoms with Crippen LogP contribution in [0.1, 0.15) is 51.3 Å². The summed E-state index contributed by atoms with van der Waals surface area (Å²) in [6.45, 7) is 2.31. The normalized spacial score (nSPS) is 12.0. The number of azo groups is 2. The molecule has 0 heterocycles. The van der Waals surface area contributed by atoms with Gasteiger partial charge in [-0.2, -0.15) is 20.5 Å². The van der Waals surface area contributed by atoms with Crippen LogP contribution in [-0.4, -0.2) is 61.5 Å². The van der Waals surface area contributed by atoms with Gasteiger partial charge in [0.05, 0.1) is 46.8 Å². The number of carbonyl (C=O) groups excluding carboxylic acids is 6. The number of rotatable bonds is 19. The molecule has 21 heteroatoms. The van der Waals surface area contributed by atoms with E-state index in [1.54, 1.807) is 36.4 Å². The summed E-state index contributed by atoms with van der Waals surface area (Å²) >= 11 is 31.0. The Morgan fingerprint density at radius 2 is 0.955 bits per heavy atom. The van der Waals surface area contributed by atoms with E-state index >= 15 is 0 Å². The Labute approximate surface area is 403 Å². The molecule has 0 spiro atoms. The van der Waals surface area contributed by atoms with Gasteiger partial charge in [0.1, 0.15) is 11.5 Å². The molecule has 0 radical (unpaired) electrons. The van der Waals surface area contributed by atoms with Crippen molar-refractivity contribution >= 4 is 127 Å². The van der Waals surface area contributed by atoms with Crippen molar-refractivity contribution in [2.75, 3.05) is 35.5 Å². The van der Waals surface area contributed by atoms with Crippen LogP contribution < -0.4 is 30.7 Å². The van der Waals surface area contributed by atoms with Crippen LogP contribution >= 0.6 is 58.0 Å². The number of alkyl halides is 3. The van der Waals surface area contributed by atoms with E-state index in [9.17, 15) is 28.8 Å². The molecule has 4 N–H and O–H groups in total. The third-order valence-corrected chi connectivity index (χ3v) is 10.9. The molecule has 2 unspecified atom stereocenters. The van der Waals surface area contributed by atoms with E-state index in [0.717, 1.165) is 13.8 Å². The number of ether oxygens (including phenoxy) is 2. The van der Waals surface area contributed by atoms with Crippen molar-refractivity contribution in [3.8, 4) is 11.5 Å². The Kier molecular flexibility index (Phi) is 18.1. The van der Waals surface area contributed by atoms with Gasteiger partial charge in [0.25, 0.3) is 23.6 Å². The first-order valence-corrected chi connectivity index (χ1v) is 21.8. The molecular weight excluding hydrogens is 958 g/mol. The Morgan fingerprint density at radius 3 is 1.36 bits per heavy atom. The van der Waals surface area contributed by atoms with Crippen molar-refractivity contribution in [1.82, 2.24) is 0 Å². The number of amides is 4. The van der Waals surface area contributed by atoms with Crippen molar-refractivity contribution < 1.29 is 38.2 Å². The third kappa shape index (κ3) is 13.1. The fraction of sp³-hybridized carbons (Fsp3) is 0.200. The minimum Gasteiger partial charge on any atom is -0.497 e. The molecule has 0 aliphatic heterocycles. The summed E-state index contributed by atoms with van der Waals surface area (Å²) in [6.07, 6.45) is 0. The number of carbonyl (C=O) groups is 6. The number of methoxy groups -OCH3 is 2. The predicted molar refractivity (Wildman–Crippen MR) is 255 cm³/mol. The zero-order chi connectivity index (χ0) is 48.1. The van der Waals surface area contributed by atoms with E-state index in [0.29, 0.717) is 39.6 Å². The highest BCUT2D eigenvalue weighted by molar-refractivity contribution is 6.35. The van der Waals surface area contributed by atoms with Crippen molar-refractivity contribution in [1.29, 1.82) is 0 Å². The SMILES string of the molecule is COc1ccc(CCl)c(NC(=O)c2cc(N=NC(C(C)=O)C(=O)Nc3ccc(NC(=O)C(N=Nc4ccc(Cl)c(C(=O)Nc5cc(OC)ccc5CCl)c4)C(C)=O)c(CCl)c3)ccc2Cl)c1. The molecule has 0 saturated carbocycles. The highest BCUT2D eigenvalue weighted by Crippen LogP contribution is 2.30. The van der Waals surface area contributed by atoms with E-state index in [1.165, 1.54) is 68.8 Å². The Bertz CT molecular complexity index is 2750. The zero-order valence-electron chi connectivity index (χ0n) is 35.4. The molecule has 66 heavy (non-hydrogen) atoms. The second kappa shape index (κ2) is 23.7. The van der Waals surface area contributed by atoms with Gasteiger partial charge in [-0.05, 0) is 97.3 Å². The first-order chi connectivity index (χ1) is 31.6. The van der Waals surface area contributed by atoms with Crippen molar-refractivity contribution in [2.45, 2.75) is 43.6 Å². The Hall–Kier alpha value is -6.43. The second-order valence-corrected chi connectivity index (χ2v) is 15.6. The predicted octanol–water partition coefficient (Wildman–Crippen LogP) is 11.1. The average Bonchev–Trinajstić information content (AvgIpc) is 3.30. The summed E-state index contributed by atoms with van der Waals surface area (Å²) in [7, 11) is 2.97. The molecule has 2 atom stereocenters. The maximum atomic E-state index is 13.4. The first kappa shape index (κ1) is 50.6. The zero-order valence-corrected chi connectivity index (χ0v) is 39.2. The van der Waals surface area contributed by atoms with Gasteiger partial charge >= 0.3 is 0 Å². The average molecular weight is 997 g/mol. The van der Waals surface area contributed by atoms with Crippen LogP contribution in [0.3, 0.4) is 0 Å². The number of halogens is 5. The van der Waals surface area contributed by atoms with Gasteiger partial charge in [-0.1, -0.05) is 35.3 Å². The monoisotopic (exact) mass is 994 g/mol. The van der Waals surface area contributed by atoms with Gasteiger partial charge in [-0.25, -0.2) is 0 Å². The van der Waals surface area contributed by atoms with Crippen LogP contribution in [0.2, 0.25) is 10.0 Å². The van der Waals surface area contributed by atoms with E-state index < -0.39 is 47.3 Å². The second-order valence-electron chi connectivity index (χ2n) is 14.0. The van der Waals surface area contributed by atoms with Gasteiger partial charge in [0, 0.05) is 52.5 Å². The molecular formula is C45H39Cl5N8O8. The summed E-state index contributed by atoms with van der Waals surface area (Å²) in [5, 5.41) is 26.9. The molecule has 0 fully saturated rings. The summed E-state index contributed by atoms with van der Waals surface area (Å²) in [6, 6.07) is 19.5. The van der Waals surface area contributed by atoms with Crippen molar-refractivity contribution in [3.63, 3.8) is 0 Å². The van der Waals surface area contributed by atoms with Crippen molar-refractivity contribution in [3.05, 3.63) is 129 Å².